The van der Waals surface area contributed by atoms with Gasteiger partial charge in [-0.1, -0.05) is 13.3 Å². The van der Waals surface area contributed by atoms with E-state index in [1.165, 1.54) is 19.3 Å². The smallest absolute Gasteiger partial charge is 0.152 e. The van der Waals surface area contributed by atoms with Crippen molar-refractivity contribution in [2.24, 2.45) is 5.92 Å². The molecule has 110 valence electrons. The molecule has 0 bridgehead atoms. The molecule has 4 nitrogen and oxygen atoms in total. The molecule has 3 aliphatic rings. The number of hydrogen-bond acceptors (Lipinski definition) is 4. The fourth-order valence-electron chi connectivity index (χ4n) is 3.88. The second kappa shape index (κ2) is 5.01. The number of morpholine rings is 1. The lowest BCUT2D eigenvalue weighted by Crippen LogP contribution is -2.63. The van der Waals surface area contributed by atoms with Crippen molar-refractivity contribution < 1.29 is 13.2 Å². The van der Waals surface area contributed by atoms with Gasteiger partial charge in [0.05, 0.1) is 23.2 Å². The highest BCUT2D eigenvalue weighted by Gasteiger charge is 2.46. The van der Waals surface area contributed by atoms with Crippen LogP contribution >= 0.6 is 0 Å². The molecule has 1 saturated carbocycles. The third-order valence-electron chi connectivity index (χ3n) is 5.28. The Morgan fingerprint density at radius 3 is 2.68 bits per heavy atom. The molecular formula is C14H25NO3S. The zero-order valence-corrected chi connectivity index (χ0v) is 12.5. The van der Waals surface area contributed by atoms with Gasteiger partial charge in [0.15, 0.2) is 9.84 Å². The normalized spacial score (nSPS) is 45.8. The van der Waals surface area contributed by atoms with Gasteiger partial charge in [-0.25, -0.2) is 8.42 Å². The summed E-state index contributed by atoms with van der Waals surface area (Å²) in [7, 11) is -2.85. The fraction of sp³-hybridized carbons (Fsp3) is 1.00. The van der Waals surface area contributed by atoms with Crippen LogP contribution in [-0.4, -0.2) is 44.2 Å². The fourth-order valence-corrected chi connectivity index (χ4v) is 5.52. The van der Waals surface area contributed by atoms with E-state index in [2.05, 4.69) is 12.2 Å². The Morgan fingerprint density at radius 1 is 1.26 bits per heavy atom. The van der Waals surface area contributed by atoms with Crippen molar-refractivity contribution in [1.29, 1.82) is 0 Å². The van der Waals surface area contributed by atoms with E-state index in [4.69, 9.17) is 4.74 Å². The van der Waals surface area contributed by atoms with Gasteiger partial charge >= 0.3 is 0 Å². The van der Waals surface area contributed by atoms with Crippen molar-refractivity contribution in [1.82, 2.24) is 5.32 Å². The monoisotopic (exact) mass is 287 g/mol. The van der Waals surface area contributed by atoms with Crippen molar-refractivity contribution in [3.05, 3.63) is 0 Å². The summed E-state index contributed by atoms with van der Waals surface area (Å²) >= 11 is 0. The van der Waals surface area contributed by atoms with E-state index in [0.29, 0.717) is 12.2 Å². The molecule has 2 atom stereocenters. The van der Waals surface area contributed by atoms with Crippen molar-refractivity contribution in [2.75, 3.05) is 18.1 Å². The molecule has 0 amide bonds. The van der Waals surface area contributed by atoms with Gasteiger partial charge in [-0.15, -0.1) is 0 Å². The van der Waals surface area contributed by atoms with Gasteiger partial charge in [-0.3, -0.25) is 0 Å². The summed E-state index contributed by atoms with van der Waals surface area (Å²) in [5, 5.41) is 3.47. The number of sulfone groups is 1. The van der Waals surface area contributed by atoms with E-state index >= 15 is 0 Å². The Bertz CT molecular complexity index is 426. The average Bonchev–Trinajstić information content (AvgIpc) is 2.40. The molecular weight excluding hydrogens is 262 g/mol. The Labute approximate surface area is 116 Å². The van der Waals surface area contributed by atoms with Gasteiger partial charge in [-0.2, -0.15) is 0 Å². The van der Waals surface area contributed by atoms with E-state index in [1.54, 1.807) is 0 Å². The van der Waals surface area contributed by atoms with Gasteiger partial charge in [0.2, 0.25) is 0 Å². The first kappa shape index (κ1) is 13.8. The highest BCUT2D eigenvalue weighted by atomic mass is 32.2. The predicted octanol–water partition coefficient (Wildman–Crippen LogP) is 1.50. The summed E-state index contributed by atoms with van der Waals surface area (Å²) in [5.41, 5.74) is -0.00601. The zero-order valence-electron chi connectivity index (χ0n) is 11.7. The van der Waals surface area contributed by atoms with Crippen LogP contribution in [0.1, 0.15) is 45.4 Å². The molecule has 2 saturated heterocycles. The Morgan fingerprint density at radius 2 is 2.00 bits per heavy atom. The standard InChI is InChI=1S/C14H25NO3S/c1-2-11-3-6-14(7-4-11)10-15-12-9-19(16,17)8-5-13(12)18-14/h11-13,15H,2-10H2,1H3. The molecule has 0 aromatic carbocycles. The maximum atomic E-state index is 11.7. The molecule has 0 aromatic heterocycles. The molecule has 1 spiro atoms. The quantitative estimate of drug-likeness (QED) is 0.794. The number of nitrogens with one attached hydrogen (secondary N) is 1. The Kier molecular flexibility index (Phi) is 3.65. The molecule has 3 rings (SSSR count). The van der Waals surface area contributed by atoms with Crippen LogP contribution in [-0.2, 0) is 14.6 Å². The summed E-state index contributed by atoms with van der Waals surface area (Å²) in [6.45, 7) is 3.10. The maximum absolute atomic E-state index is 11.7. The largest absolute Gasteiger partial charge is 0.369 e. The van der Waals surface area contributed by atoms with Crippen molar-refractivity contribution in [2.45, 2.75) is 63.2 Å². The summed E-state index contributed by atoms with van der Waals surface area (Å²) in [4.78, 5) is 0. The minimum absolute atomic E-state index is 0.00601. The first-order valence-electron chi connectivity index (χ1n) is 7.64. The topological polar surface area (TPSA) is 55.4 Å². The third-order valence-corrected chi connectivity index (χ3v) is 7.00. The molecule has 0 radical (unpaired) electrons. The third kappa shape index (κ3) is 2.83. The number of ether oxygens (including phenoxy) is 1. The van der Waals surface area contributed by atoms with Gasteiger partial charge in [0, 0.05) is 12.6 Å². The molecule has 1 N–H and O–H groups in total. The maximum Gasteiger partial charge on any atom is 0.152 e. The SMILES string of the molecule is CCC1CCC2(CC1)CNC1CS(=O)(=O)CCC1O2. The molecule has 19 heavy (non-hydrogen) atoms. The van der Waals surface area contributed by atoms with E-state index in [9.17, 15) is 8.42 Å². The van der Waals surface area contributed by atoms with E-state index < -0.39 is 9.84 Å². The summed E-state index contributed by atoms with van der Waals surface area (Å²) in [6.07, 6.45) is 6.83. The Hall–Kier alpha value is -0.130. The minimum Gasteiger partial charge on any atom is -0.369 e. The van der Waals surface area contributed by atoms with Crippen molar-refractivity contribution in [3.8, 4) is 0 Å². The number of fused-ring (bicyclic) bond motifs is 1. The highest BCUT2D eigenvalue weighted by Crippen LogP contribution is 2.40. The molecule has 0 aromatic rings. The van der Waals surface area contributed by atoms with Crippen LogP contribution in [0, 0.1) is 5.92 Å². The minimum atomic E-state index is -2.85. The molecule has 3 fully saturated rings. The lowest BCUT2D eigenvalue weighted by atomic mass is 9.76. The molecule has 2 unspecified atom stereocenters. The molecule has 2 aliphatic heterocycles. The average molecular weight is 287 g/mol. The van der Waals surface area contributed by atoms with Crippen LogP contribution in [0.3, 0.4) is 0 Å². The zero-order chi connectivity index (χ0) is 13.5. The van der Waals surface area contributed by atoms with Gasteiger partial charge < -0.3 is 10.1 Å². The first-order chi connectivity index (χ1) is 9.02. The van der Waals surface area contributed by atoms with Crippen LogP contribution in [0.2, 0.25) is 0 Å². The summed E-state index contributed by atoms with van der Waals surface area (Å²) in [6, 6.07) is 0.0215. The van der Waals surface area contributed by atoms with Gasteiger partial charge in [0.1, 0.15) is 0 Å². The van der Waals surface area contributed by atoms with Crippen LogP contribution in [0.5, 0.6) is 0 Å². The molecule has 5 heteroatoms. The van der Waals surface area contributed by atoms with E-state index in [-0.39, 0.29) is 23.5 Å². The molecule has 2 heterocycles. The van der Waals surface area contributed by atoms with Crippen LogP contribution < -0.4 is 5.32 Å². The van der Waals surface area contributed by atoms with Crippen molar-refractivity contribution in [3.63, 3.8) is 0 Å². The number of hydrogen-bond donors (Lipinski definition) is 1. The second-order valence-electron chi connectivity index (χ2n) is 6.58. The lowest BCUT2D eigenvalue weighted by molar-refractivity contribution is -0.154. The first-order valence-corrected chi connectivity index (χ1v) is 9.46. The van der Waals surface area contributed by atoms with E-state index in [0.717, 1.165) is 25.3 Å². The Balaban J connectivity index is 1.64. The number of rotatable bonds is 1. The highest BCUT2D eigenvalue weighted by molar-refractivity contribution is 7.91. The molecule has 1 aliphatic carbocycles. The van der Waals surface area contributed by atoms with Gasteiger partial charge in [0.25, 0.3) is 0 Å². The van der Waals surface area contributed by atoms with Crippen molar-refractivity contribution >= 4 is 9.84 Å². The van der Waals surface area contributed by atoms with Gasteiger partial charge in [-0.05, 0) is 38.0 Å². The predicted molar refractivity (Wildman–Crippen MR) is 74.9 cm³/mol. The van der Waals surface area contributed by atoms with Crippen LogP contribution in [0.25, 0.3) is 0 Å². The van der Waals surface area contributed by atoms with Crippen LogP contribution in [0.15, 0.2) is 0 Å². The lowest BCUT2D eigenvalue weighted by Gasteiger charge is -2.50. The second-order valence-corrected chi connectivity index (χ2v) is 8.81. The summed E-state index contributed by atoms with van der Waals surface area (Å²) in [5.74, 6) is 1.41. The summed E-state index contributed by atoms with van der Waals surface area (Å²) < 4.78 is 29.7. The van der Waals surface area contributed by atoms with Crippen LogP contribution in [0.4, 0.5) is 0 Å². The van der Waals surface area contributed by atoms with E-state index in [1.807, 2.05) is 0 Å².